The van der Waals surface area contributed by atoms with Gasteiger partial charge in [0.1, 0.15) is 0 Å². The Kier molecular flexibility index (Phi) is 2.38. The van der Waals surface area contributed by atoms with Gasteiger partial charge in [0.05, 0.1) is 5.69 Å². The Hall–Kier alpha value is -0.420. The third kappa shape index (κ3) is 1.62. The Morgan fingerprint density at radius 2 is 2.46 bits per heavy atom. The van der Waals surface area contributed by atoms with Gasteiger partial charge in [-0.15, -0.1) is 5.10 Å². The lowest BCUT2D eigenvalue weighted by atomic mass is 10.2. The van der Waals surface area contributed by atoms with Crippen LogP contribution in [0.1, 0.15) is 18.0 Å². The van der Waals surface area contributed by atoms with Crippen LogP contribution in [0.4, 0.5) is 0 Å². The summed E-state index contributed by atoms with van der Waals surface area (Å²) < 4.78 is 2.77. The molecule has 0 aliphatic heterocycles. The monoisotopic (exact) mass is 244 g/mol. The first-order chi connectivity index (χ1) is 6.24. The lowest BCUT2D eigenvalue weighted by Gasteiger charge is -1.99. The Morgan fingerprint density at radius 1 is 1.69 bits per heavy atom. The van der Waals surface area contributed by atoms with Crippen LogP contribution in [0.3, 0.4) is 0 Å². The fourth-order valence-corrected chi connectivity index (χ4v) is 2.42. The van der Waals surface area contributed by atoms with Gasteiger partial charge >= 0.3 is 0 Å². The summed E-state index contributed by atoms with van der Waals surface area (Å²) in [5, 5.41) is 11.1. The van der Waals surface area contributed by atoms with E-state index < -0.39 is 0 Å². The summed E-state index contributed by atoms with van der Waals surface area (Å²) in [6, 6.07) is 0. The number of nitrogens with one attached hydrogen (secondary N) is 1. The van der Waals surface area contributed by atoms with E-state index >= 15 is 0 Å². The SMILES string of the molecule is CNCC1CC1c1c(Br)nnn1C. The standard InChI is InChI=1S/C8H13BrN4/c1-10-4-5-3-6(5)7-8(9)11-12-13(7)2/h5-6,10H,3-4H2,1-2H3. The van der Waals surface area contributed by atoms with E-state index in [1.807, 2.05) is 18.8 Å². The van der Waals surface area contributed by atoms with Gasteiger partial charge in [0.2, 0.25) is 0 Å². The fraction of sp³-hybridized carbons (Fsp3) is 0.750. The zero-order chi connectivity index (χ0) is 9.42. The molecular weight excluding hydrogens is 232 g/mol. The van der Waals surface area contributed by atoms with E-state index in [9.17, 15) is 0 Å². The summed E-state index contributed by atoms with van der Waals surface area (Å²) >= 11 is 3.42. The number of hydrogen-bond acceptors (Lipinski definition) is 3. The molecule has 0 saturated heterocycles. The fourth-order valence-electron chi connectivity index (χ4n) is 1.80. The highest BCUT2D eigenvalue weighted by Crippen LogP contribution is 2.48. The molecular formula is C8H13BrN4. The quantitative estimate of drug-likeness (QED) is 0.860. The van der Waals surface area contributed by atoms with Gasteiger partial charge in [0.15, 0.2) is 4.60 Å². The van der Waals surface area contributed by atoms with Crippen molar-refractivity contribution in [2.75, 3.05) is 13.6 Å². The molecule has 0 spiro atoms. The molecule has 2 rings (SSSR count). The number of aromatic nitrogens is 3. The van der Waals surface area contributed by atoms with Gasteiger partial charge in [0.25, 0.3) is 0 Å². The van der Waals surface area contributed by atoms with Crippen LogP contribution in [-0.4, -0.2) is 28.6 Å². The van der Waals surface area contributed by atoms with Crippen LogP contribution in [0.5, 0.6) is 0 Å². The number of halogens is 1. The molecule has 5 heteroatoms. The summed E-state index contributed by atoms with van der Waals surface area (Å²) in [6.45, 7) is 1.09. The highest BCUT2D eigenvalue weighted by molar-refractivity contribution is 9.10. The molecule has 0 aromatic carbocycles. The second-order valence-corrected chi connectivity index (χ2v) is 4.30. The maximum absolute atomic E-state index is 3.98. The van der Waals surface area contributed by atoms with Crippen LogP contribution in [0, 0.1) is 5.92 Å². The predicted molar refractivity (Wildman–Crippen MR) is 53.5 cm³/mol. The average Bonchev–Trinajstić information content (AvgIpc) is 2.74. The third-order valence-electron chi connectivity index (χ3n) is 2.57. The molecule has 1 aromatic heterocycles. The first-order valence-electron chi connectivity index (χ1n) is 4.43. The highest BCUT2D eigenvalue weighted by atomic mass is 79.9. The first-order valence-corrected chi connectivity index (χ1v) is 5.23. The van der Waals surface area contributed by atoms with E-state index in [-0.39, 0.29) is 0 Å². The molecule has 1 saturated carbocycles. The van der Waals surface area contributed by atoms with Crippen molar-refractivity contribution in [1.29, 1.82) is 0 Å². The van der Waals surface area contributed by atoms with Crippen molar-refractivity contribution in [3.63, 3.8) is 0 Å². The Morgan fingerprint density at radius 3 is 3.00 bits per heavy atom. The molecule has 4 nitrogen and oxygen atoms in total. The van der Waals surface area contributed by atoms with Crippen LogP contribution in [-0.2, 0) is 7.05 Å². The van der Waals surface area contributed by atoms with Crippen molar-refractivity contribution in [2.45, 2.75) is 12.3 Å². The lowest BCUT2D eigenvalue weighted by molar-refractivity contribution is 0.646. The molecule has 2 unspecified atom stereocenters. The topological polar surface area (TPSA) is 42.7 Å². The summed E-state index contributed by atoms with van der Waals surface area (Å²) in [5.74, 6) is 1.40. The summed E-state index contributed by atoms with van der Waals surface area (Å²) in [4.78, 5) is 0. The van der Waals surface area contributed by atoms with E-state index in [4.69, 9.17) is 0 Å². The van der Waals surface area contributed by atoms with Gasteiger partial charge < -0.3 is 5.32 Å². The molecule has 1 N–H and O–H groups in total. The average molecular weight is 245 g/mol. The minimum atomic E-state index is 0.641. The third-order valence-corrected chi connectivity index (χ3v) is 3.13. The number of hydrogen-bond donors (Lipinski definition) is 1. The maximum Gasteiger partial charge on any atom is 0.151 e. The smallest absolute Gasteiger partial charge is 0.151 e. The van der Waals surface area contributed by atoms with Crippen LogP contribution < -0.4 is 5.32 Å². The van der Waals surface area contributed by atoms with Gasteiger partial charge in [-0.05, 0) is 41.9 Å². The molecule has 13 heavy (non-hydrogen) atoms. The van der Waals surface area contributed by atoms with E-state index in [0.29, 0.717) is 5.92 Å². The van der Waals surface area contributed by atoms with E-state index in [0.717, 1.165) is 17.1 Å². The minimum absolute atomic E-state index is 0.641. The Bertz CT molecular complexity index is 290. The summed E-state index contributed by atoms with van der Waals surface area (Å²) in [5.41, 5.74) is 1.24. The van der Waals surface area contributed by atoms with Gasteiger partial charge in [-0.2, -0.15) is 0 Å². The van der Waals surface area contributed by atoms with Crippen molar-refractivity contribution in [3.05, 3.63) is 10.3 Å². The molecule has 1 aromatic rings. The molecule has 1 heterocycles. The predicted octanol–water partition coefficient (Wildman–Crippen LogP) is 0.900. The van der Waals surface area contributed by atoms with Gasteiger partial charge in [-0.25, -0.2) is 0 Å². The van der Waals surface area contributed by atoms with Crippen LogP contribution in [0.15, 0.2) is 4.60 Å². The van der Waals surface area contributed by atoms with Crippen LogP contribution >= 0.6 is 15.9 Å². The molecule has 72 valence electrons. The summed E-state index contributed by atoms with van der Waals surface area (Å²) in [7, 11) is 3.94. The maximum atomic E-state index is 3.98. The zero-order valence-corrected chi connectivity index (χ0v) is 9.37. The van der Waals surface area contributed by atoms with E-state index in [2.05, 4.69) is 31.6 Å². The molecule has 2 atom stereocenters. The lowest BCUT2D eigenvalue weighted by Crippen LogP contribution is -2.11. The molecule has 1 aliphatic rings. The van der Waals surface area contributed by atoms with E-state index in [1.165, 1.54) is 12.1 Å². The van der Waals surface area contributed by atoms with Crippen molar-refractivity contribution < 1.29 is 0 Å². The van der Waals surface area contributed by atoms with Crippen molar-refractivity contribution in [2.24, 2.45) is 13.0 Å². The molecule has 1 fully saturated rings. The minimum Gasteiger partial charge on any atom is -0.319 e. The highest BCUT2D eigenvalue weighted by Gasteiger charge is 2.41. The number of aryl methyl sites for hydroxylation is 1. The Balaban J connectivity index is 2.11. The second-order valence-electron chi connectivity index (χ2n) is 3.55. The zero-order valence-electron chi connectivity index (χ0n) is 7.79. The molecule has 1 aliphatic carbocycles. The molecule has 0 amide bonds. The Labute approximate surface area is 85.8 Å². The van der Waals surface area contributed by atoms with E-state index in [1.54, 1.807) is 0 Å². The van der Waals surface area contributed by atoms with Gasteiger partial charge in [-0.1, -0.05) is 5.21 Å². The summed E-state index contributed by atoms with van der Waals surface area (Å²) in [6.07, 6.45) is 1.25. The van der Waals surface area contributed by atoms with Gasteiger partial charge in [0, 0.05) is 13.0 Å². The first kappa shape index (κ1) is 9.15. The van der Waals surface area contributed by atoms with Crippen LogP contribution in [0.25, 0.3) is 0 Å². The number of nitrogens with zero attached hydrogens (tertiary/aromatic N) is 3. The van der Waals surface area contributed by atoms with Crippen LogP contribution in [0.2, 0.25) is 0 Å². The van der Waals surface area contributed by atoms with Crippen molar-refractivity contribution in [3.8, 4) is 0 Å². The largest absolute Gasteiger partial charge is 0.319 e. The van der Waals surface area contributed by atoms with Gasteiger partial charge in [-0.3, -0.25) is 4.68 Å². The second kappa shape index (κ2) is 3.38. The normalized spacial score (nSPS) is 26.4. The number of rotatable bonds is 3. The molecule has 0 radical (unpaired) electrons. The van der Waals surface area contributed by atoms with Crippen molar-refractivity contribution in [1.82, 2.24) is 20.3 Å². The van der Waals surface area contributed by atoms with Crippen molar-refractivity contribution >= 4 is 15.9 Å². The molecule has 0 bridgehead atoms.